The lowest BCUT2D eigenvalue weighted by Crippen LogP contribution is -2.32. The maximum Gasteiger partial charge on any atom is 0.140 e. The van der Waals surface area contributed by atoms with Crippen LogP contribution in [0.1, 0.15) is 26.2 Å². The summed E-state index contributed by atoms with van der Waals surface area (Å²) in [5, 5.41) is 12.9. The number of hydrogen-bond acceptors (Lipinski definition) is 5. The van der Waals surface area contributed by atoms with Gasteiger partial charge in [-0.05, 0) is 24.7 Å². The molecule has 0 radical (unpaired) electrons. The van der Waals surface area contributed by atoms with Crippen LogP contribution in [0.25, 0.3) is 0 Å². The van der Waals surface area contributed by atoms with Crippen LogP contribution in [-0.4, -0.2) is 11.5 Å². The number of carbonyl (C=O) groups excluding carboxylic acids is 1. The summed E-state index contributed by atoms with van der Waals surface area (Å²) in [5.74, 6) is 1.86. The molecule has 14 heavy (non-hydrogen) atoms. The molecule has 0 saturated heterocycles. The van der Waals surface area contributed by atoms with Crippen LogP contribution in [0, 0.1) is 17.3 Å². The van der Waals surface area contributed by atoms with Gasteiger partial charge in [0, 0.05) is 29.6 Å². The van der Waals surface area contributed by atoms with E-state index in [2.05, 4.69) is 16.3 Å². The third-order valence-corrected chi connectivity index (χ3v) is 4.72. The Bertz CT molecular complexity index is 245. The minimum absolute atomic E-state index is 0.242. The SMILES string of the molecule is CC1C2CCC1(CSOO[O-])C(=O)C2. The van der Waals surface area contributed by atoms with Gasteiger partial charge < -0.3 is 5.26 Å². The average molecular weight is 217 g/mol. The minimum atomic E-state index is -0.242. The van der Waals surface area contributed by atoms with Crippen molar-refractivity contribution in [3.8, 4) is 0 Å². The molecule has 3 unspecified atom stereocenters. The predicted octanol–water partition coefficient (Wildman–Crippen LogP) is 0.863. The van der Waals surface area contributed by atoms with Gasteiger partial charge in [-0.25, -0.2) is 0 Å². The van der Waals surface area contributed by atoms with Gasteiger partial charge in [-0.3, -0.25) is 9.83 Å². The fraction of sp³-hybridized carbons (Fsp3) is 0.889. The molecule has 3 atom stereocenters. The Morgan fingerprint density at radius 3 is 3.00 bits per heavy atom. The van der Waals surface area contributed by atoms with Crippen LogP contribution in [-0.2, 0) is 14.2 Å². The number of fused-ring (bicyclic) bond motifs is 2. The zero-order valence-corrected chi connectivity index (χ0v) is 8.84. The van der Waals surface area contributed by atoms with Crippen LogP contribution in [0.4, 0.5) is 0 Å². The Balaban J connectivity index is 2.01. The van der Waals surface area contributed by atoms with Gasteiger partial charge in [-0.2, -0.15) is 4.33 Å². The Labute approximate surface area is 87.0 Å². The van der Waals surface area contributed by atoms with Crippen molar-refractivity contribution < 1.29 is 19.4 Å². The van der Waals surface area contributed by atoms with E-state index in [1.54, 1.807) is 0 Å². The summed E-state index contributed by atoms with van der Waals surface area (Å²) in [7, 11) is 0. The summed E-state index contributed by atoms with van der Waals surface area (Å²) in [5.41, 5.74) is -0.242. The minimum Gasteiger partial charge on any atom is -0.691 e. The summed E-state index contributed by atoms with van der Waals surface area (Å²) in [6.45, 7) is 2.13. The van der Waals surface area contributed by atoms with Crippen molar-refractivity contribution >= 4 is 17.8 Å². The third-order valence-electron chi connectivity index (χ3n) is 3.94. The second-order valence-corrected chi connectivity index (χ2v) is 4.93. The fourth-order valence-electron chi connectivity index (χ4n) is 2.92. The van der Waals surface area contributed by atoms with E-state index in [0.717, 1.165) is 24.9 Å². The molecule has 0 spiro atoms. The van der Waals surface area contributed by atoms with Gasteiger partial charge in [0.15, 0.2) is 0 Å². The van der Waals surface area contributed by atoms with Crippen molar-refractivity contribution in [3.05, 3.63) is 0 Å². The maximum atomic E-state index is 11.8. The molecule has 2 rings (SSSR count). The van der Waals surface area contributed by atoms with Crippen LogP contribution in [0.5, 0.6) is 0 Å². The standard InChI is InChI=1S/C9H14O4S/c1-6-7-2-3-9(6,8(10)4-7)5-14-13-12-11/h6-7,11H,2-5H2,1H3/p-1. The lowest BCUT2D eigenvalue weighted by molar-refractivity contribution is -0.777. The first-order chi connectivity index (χ1) is 6.70. The average Bonchev–Trinajstić information content (AvgIpc) is 2.58. The third kappa shape index (κ3) is 1.39. The van der Waals surface area contributed by atoms with Crippen molar-refractivity contribution in [2.75, 3.05) is 5.75 Å². The first-order valence-corrected chi connectivity index (χ1v) is 5.73. The van der Waals surface area contributed by atoms with E-state index in [-0.39, 0.29) is 5.41 Å². The largest absolute Gasteiger partial charge is 0.691 e. The van der Waals surface area contributed by atoms with E-state index >= 15 is 0 Å². The highest BCUT2D eigenvalue weighted by molar-refractivity contribution is 7.94. The van der Waals surface area contributed by atoms with Crippen LogP contribution >= 0.6 is 12.0 Å². The molecule has 80 valence electrons. The molecule has 2 aliphatic carbocycles. The smallest absolute Gasteiger partial charge is 0.140 e. The Hall–Kier alpha value is -0.100. The lowest BCUT2D eigenvalue weighted by Gasteiger charge is -2.27. The van der Waals surface area contributed by atoms with Crippen LogP contribution in [0.15, 0.2) is 0 Å². The number of hydrogen-bond donors (Lipinski definition) is 0. The summed E-state index contributed by atoms with van der Waals surface area (Å²) < 4.78 is 4.25. The van der Waals surface area contributed by atoms with Gasteiger partial charge in [0.25, 0.3) is 0 Å². The highest BCUT2D eigenvalue weighted by Gasteiger charge is 2.56. The van der Waals surface area contributed by atoms with Crippen molar-refractivity contribution in [1.29, 1.82) is 0 Å². The van der Waals surface area contributed by atoms with Crippen LogP contribution in [0.2, 0.25) is 0 Å². The Kier molecular flexibility index (Phi) is 2.83. The number of Topliss-reactive ketones (excluding diaryl/α,β-unsaturated/α-hetero) is 1. The van der Waals surface area contributed by atoms with E-state index in [1.807, 2.05) is 0 Å². The molecule has 4 nitrogen and oxygen atoms in total. The van der Waals surface area contributed by atoms with E-state index in [9.17, 15) is 10.1 Å². The lowest BCUT2D eigenvalue weighted by atomic mass is 9.81. The molecule has 0 aliphatic heterocycles. The molecular weight excluding hydrogens is 204 g/mol. The molecule has 2 aliphatic rings. The molecule has 0 amide bonds. The summed E-state index contributed by atoms with van der Waals surface area (Å²) in [6, 6.07) is 0. The van der Waals surface area contributed by atoms with Gasteiger partial charge in [0.1, 0.15) is 5.78 Å². The molecule has 0 aromatic heterocycles. The summed E-state index contributed by atoms with van der Waals surface area (Å²) in [6.07, 6.45) is 2.78. The number of rotatable bonds is 4. The molecule has 0 aromatic rings. The van der Waals surface area contributed by atoms with E-state index in [4.69, 9.17) is 0 Å². The van der Waals surface area contributed by atoms with Crippen LogP contribution in [0.3, 0.4) is 0 Å². The monoisotopic (exact) mass is 217 g/mol. The van der Waals surface area contributed by atoms with Gasteiger partial charge in [-0.1, -0.05) is 6.92 Å². The molecule has 2 saturated carbocycles. The first kappa shape index (κ1) is 10.4. The highest BCUT2D eigenvalue weighted by Crippen LogP contribution is 2.57. The number of ketones is 1. The van der Waals surface area contributed by atoms with Gasteiger partial charge >= 0.3 is 0 Å². The molecule has 0 heterocycles. The Morgan fingerprint density at radius 2 is 2.50 bits per heavy atom. The molecule has 0 aromatic carbocycles. The zero-order valence-electron chi connectivity index (χ0n) is 8.02. The van der Waals surface area contributed by atoms with E-state index in [1.165, 1.54) is 0 Å². The summed E-state index contributed by atoms with van der Waals surface area (Å²) in [4.78, 5) is 11.8. The molecule has 0 N–H and O–H groups in total. The van der Waals surface area contributed by atoms with Gasteiger partial charge in [-0.15, -0.1) is 0 Å². The second kappa shape index (κ2) is 3.81. The molecule has 2 fully saturated rings. The zero-order chi connectivity index (χ0) is 10.2. The van der Waals surface area contributed by atoms with Crippen molar-refractivity contribution in [2.45, 2.75) is 26.2 Å². The van der Waals surface area contributed by atoms with Gasteiger partial charge in [0.05, 0.1) is 0 Å². The second-order valence-electron chi connectivity index (χ2n) is 4.27. The van der Waals surface area contributed by atoms with Crippen LogP contribution < -0.4 is 5.26 Å². The van der Waals surface area contributed by atoms with Gasteiger partial charge in [0.2, 0.25) is 0 Å². The molecule has 5 heteroatoms. The molecule has 2 bridgehead atoms. The topological polar surface area (TPSA) is 58.6 Å². The van der Waals surface area contributed by atoms with Crippen molar-refractivity contribution in [3.63, 3.8) is 0 Å². The van der Waals surface area contributed by atoms with Crippen molar-refractivity contribution in [1.82, 2.24) is 0 Å². The summed E-state index contributed by atoms with van der Waals surface area (Å²) >= 11 is 0.953. The predicted molar refractivity (Wildman–Crippen MR) is 48.6 cm³/mol. The van der Waals surface area contributed by atoms with E-state index < -0.39 is 0 Å². The van der Waals surface area contributed by atoms with Crippen molar-refractivity contribution in [2.24, 2.45) is 17.3 Å². The number of carbonyl (C=O) groups is 1. The fourth-order valence-corrected chi connectivity index (χ4v) is 3.78. The first-order valence-electron chi connectivity index (χ1n) is 4.82. The quantitative estimate of drug-likeness (QED) is 0.302. The van der Waals surface area contributed by atoms with E-state index in [0.29, 0.717) is 29.8 Å². The maximum absolute atomic E-state index is 11.8. The Morgan fingerprint density at radius 1 is 1.71 bits per heavy atom. The molecular formula is C9H13O4S-. The normalized spacial score (nSPS) is 40.9. The highest BCUT2D eigenvalue weighted by atomic mass is 32.2.